The second kappa shape index (κ2) is 3.48. The molecule has 0 radical (unpaired) electrons. The third kappa shape index (κ3) is 1.68. The largest absolute Gasteiger partial charge is 0.477 e. The maximum atomic E-state index is 10.9. The molecule has 0 bridgehead atoms. The minimum atomic E-state index is -1.02. The van der Waals surface area contributed by atoms with Crippen LogP contribution in [0.15, 0.2) is 6.20 Å². The Labute approximate surface area is 83.9 Å². The van der Waals surface area contributed by atoms with Crippen molar-refractivity contribution < 1.29 is 9.90 Å². The number of aromatic carboxylic acids is 1. The molecule has 0 spiro atoms. The standard InChI is InChI=1S/C7H8N6O2/c1-4-2-8-13(6(4)7(14)15)3-5-9-11-12-10-5/h2H,3H2,1H3,(H,14,15)(H,9,10,11,12). The minimum absolute atomic E-state index is 0.139. The van der Waals surface area contributed by atoms with E-state index >= 15 is 0 Å². The number of carbonyl (C=O) groups is 1. The van der Waals surface area contributed by atoms with Gasteiger partial charge in [0.05, 0.1) is 6.20 Å². The Balaban J connectivity index is 2.33. The van der Waals surface area contributed by atoms with Gasteiger partial charge in [0, 0.05) is 5.56 Å². The summed E-state index contributed by atoms with van der Waals surface area (Å²) in [6.45, 7) is 1.87. The summed E-state index contributed by atoms with van der Waals surface area (Å²) in [6, 6.07) is 0. The molecular weight excluding hydrogens is 200 g/mol. The summed E-state index contributed by atoms with van der Waals surface area (Å²) < 4.78 is 1.32. The zero-order valence-corrected chi connectivity index (χ0v) is 7.88. The van der Waals surface area contributed by atoms with Gasteiger partial charge in [-0.15, -0.1) is 10.2 Å². The lowest BCUT2D eigenvalue weighted by atomic mass is 10.3. The van der Waals surface area contributed by atoms with Gasteiger partial charge in [0.15, 0.2) is 5.82 Å². The van der Waals surface area contributed by atoms with Gasteiger partial charge in [-0.05, 0) is 6.92 Å². The predicted octanol–water partition coefficient (Wildman–Crippen LogP) is -0.549. The Morgan fingerprint density at radius 2 is 2.47 bits per heavy atom. The first-order valence-electron chi connectivity index (χ1n) is 4.16. The number of carboxylic acids is 1. The number of nitrogens with zero attached hydrogens (tertiary/aromatic N) is 5. The van der Waals surface area contributed by atoms with Crippen LogP contribution in [0.25, 0.3) is 0 Å². The maximum Gasteiger partial charge on any atom is 0.354 e. The first kappa shape index (κ1) is 9.31. The summed E-state index contributed by atoms with van der Waals surface area (Å²) in [7, 11) is 0. The van der Waals surface area contributed by atoms with E-state index in [1.165, 1.54) is 10.9 Å². The SMILES string of the molecule is Cc1cnn(Cc2nn[nH]n2)c1C(=O)O. The van der Waals surface area contributed by atoms with Crippen LogP contribution < -0.4 is 0 Å². The van der Waals surface area contributed by atoms with Gasteiger partial charge in [-0.25, -0.2) is 4.79 Å². The van der Waals surface area contributed by atoms with Crippen LogP contribution in [-0.4, -0.2) is 41.5 Å². The Hall–Kier alpha value is -2.25. The fourth-order valence-corrected chi connectivity index (χ4v) is 1.26. The highest BCUT2D eigenvalue weighted by molar-refractivity contribution is 5.87. The van der Waals surface area contributed by atoms with E-state index in [0.717, 1.165) is 0 Å². The molecule has 0 aliphatic heterocycles. The van der Waals surface area contributed by atoms with Crippen molar-refractivity contribution >= 4 is 5.97 Å². The van der Waals surface area contributed by atoms with Crippen molar-refractivity contribution in [3.63, 3.8) is 0 Å². The number of rotatable bonds is 3. The highest BCUT2D eigenvalue weighted by Crippen LogP contribution is 2.07. The molecule has 8 nitrogen and oxygen atoms in total. The van der Waals surface area contributed by atoms with Gasteiger partial charge in [0.1, 0.15) is 12.2 Å². The molecule has 0 aliphatic carbocycles. The number of aryl methyl sites for hydroxylation is 1. The molecule has 2 heterocycles. The van der Waals surface area contributed by atoms with Crippen LogP contribution in [0.4, 0.5) is 0 Å². The van der Waals surface area contributed by atoms with Crippen LogP contribution in [0, 0.1) is 6.92 Å². The van der Waals surface area contributed by atoms with Gasteiger partial charge in [0.2, 0.25) is 0 Å². The van der Waals surface area contributed by atoms with E-state index in [4.69, 9.17) is 5.11 Å². The van der Waals surface area contributed by atoms with Gasteiger partial charge in [-0.1, -0.05) is 5.21 Å². The van der Waals surface area contributed by atoms with Gasteiger partial charge >= 0.3 is 5.97 Å². The number of carboxylic acid groups (broad SMARTS) is 1. The van der Waals surface area contributed by atoms with Crippen molar-refractivity contribution in [2.24, 2.45) is 0 Å². The molecule has 15 heavy (non-hydrogen) atoms. The molecule has 2 N–H and O–H groups in total. The molecule has 0 aliphatic rings. The van der Waals surface area contributed by atoms with E-state index in [2.05, 4.69) is 25.7 Å². The van der Waals surface area contributed by atoms with Crippen molar-refractivity contribution in [3.8, 4) is 0 Å². The van der Waals surface area contributed by atoms with E-state index < -0.39 is 5.97 Å². The quantitative estimate of drug-likeness (QED) is 0.700. The van der Waals surface area contributed by atoms with Gasteiger partial charge < -0.3 is 5.11 Å². The topological polar surface area (TPSA) is 110 Å². The van der Waals surface area contributed by atoms with Crippen molar-refractivity contribution in [2.45, 2.75) is 13.5 Å². The van der Waals surface area contributed by atoms with E-state index in [1.807, 2.05) is 0 Å². The minimum Gasteiger partial charge on any atom is -0.477 e. The van der Waals surface area contributed by atoms with E-state index in [0.29, 0.717) is 11.4 Å². The van der Waals surface area contributed by atoms with E-state index in [9.17, 15) is 4.79 Å². The lowest BCUT2D eigenvalue weighted by Crippen LogP contribution is -2.12. The zero-order chi connectivity index (χ0) is 10.8. The zero-order valence-electron chi connectivity index (χ0n) is 7.88. The molecule has 8 heteroatoms. The third-order valence-electron chi connectivity index (χ3n) is 1.91. The van der Waals surface area contributed by atoms with Crippen molar-refractivity contribution in [1.82, 2.24) is 30.4 Å². The Kier molecular flexibility index (Phi) is 2.16. The lowest BCUT2D eigenvalue weighted by molar-refractivity contribution is 0.0683. The van der Waals surface area contributed by atoms with Gasteiger partial charge in [0.25, 0.3) is 0 Å². The number of hydrogen-bond donors (Lipinski definition) is 2. The number of aromatic nitrogens is 6. The Morgan fingerprint density at radius 3 is 3.07 bits per heavy atom. The molecule has 0 fully saturated rings. The van der Waals surface area contributed by atoms with Crippen LogP contribution in [0.2, 0.25) is 0 Å². The van der Waals surface area contributed by atoms with Crippen molar-refractivity contribution in [1.29, 1.82) is 0 Å². The molecule has 2 rings (SSSR count). The second-order valence-corrected chi connectivity index (χ2v) is 2.97. The number of H-pyrrole nitrogens is 1. The Bertz CT molecular complexity index is 474. The summed E-state index contributed by atoms with van der Waals surface area (Å²) in [5.41, 5.74) is 0.741. The number of tetrazole rings is 1. The van der Waals surface area contributed by atoms with Crippen LogP contribution in [0.3, 0.4) is 0 Å². The monoisotopic (exact) mass is 208 g/mol. The van der Waals surface area contributed by atoms with Crippen molar-refractivity contribution in [2.75, 3.05) is 0 Å². The van der Waals surface area contributed by atoms with Crippen molar-refractivity contribution in [3.05, 3.63) is 23.3 Å². The fourth-order valence-electron chi connectivity index (χ4n) is 1.26. The second-order valence-electron chi connectivity index (χ2n) is 2.97. The fraction of sp³-hybridized carbons (Fsp3) is 0.286. The average molecular weight is 208 g/mol. The number of nitrogens with one attached hydrogen (secondary N) is 1. The molecule has 0 amide bonds. The van der Waals surface area contributed by atoms with Gasteiger partial charge in [-0.3, -0.25) is 4.68 Å². The normalized spacial score (nSPS) is 10.5. The highest BCUT2D eigenvalue weighted by Gasteiger charge is 2.15. The predicted molar refractivity (Wildman–Crippen MR) is 47.2 cm³/mol. The molecule has 0 atom stereocenters. The maximum absolute atomic E-state index is 10.9. The molecule has 0 saturated heterocycles. The van der Waals surface area contributed by atoms with Crippen LogP contribution in [0.1, 0.15) is 21.9 Å². The van der Waals surface area contributed by atoms with E-state index in [-0.39, 0.29) is 12.2 Å². The third-order valence-corrected chi connectivity index (χ3v) is 1.91. The smallest absolute Gasteiger partial charge is 0.354 e. The highest BCUT2D eigenvalue weighted by atomic mass is 16.4. The van der Waals surface area contributed by atoms with Gasteiger partial charge in [-0.2, -0.15) is 10.3 Å². The molecule has 0 unspecified atom stereocenters. The molecule has 2 aromatic heterocycles. The molecule has 78 valence electrons. The summed E-state index contributed by atoms with van der Waals surface area (Å²) in [4.78, 5) is 10.9. The summed E-state index contributed by atoms with van der Waals surface area (Å²) in [5.74, 6) is -0.630. The lowest BCUT2D eigenvalue weighted by Gasteiger charge is -2.00. The first-order chi connectivity index (χ1) is 7.18. The van der Waals surface area contributed by atoms with E-state index in [1.54, 1.807) is 6.92 Å². The summed E-state index contributed by atoms with van der Waals surface area (Å²) in [5, 5.41) is 26.0. The van der Waals surface area contributed by atoms with Crippen LogP contribution in [-0.2, 0) is 6.54 Å². The summed E-state index contributed by atoms with van der Waals surface area (Å²) >= 11 is 0. The summed E-state index contributed by atoms with van der Waals surface area (Å²) in [6.07, 6.45) is 1.49. The number of aromatic amines is 1. The Morgan fingerprint density at radius 1 is 1.67 bits per heavy atom. The molecular formula is C7H8N6O2. The molecule has 0 saturated carbocycles. The molecule has 0 aromatic carbocycles. The average Bonchev–Trinajstić information content (AvgIpc) is 2.76. The van der Waals surface area contributed by atoms with Crippen LogP contribution in [0.5, 0.6) is 0 Å². The first-order valence-corrected chi connectivity index (χ1v) is 4.16. The molecule has 2 aromatic rings. The van der Waals surface area contributed by atoms with Crippen LogP contribution >= 0.6 is 0 Å². The number of hydrogen-bond acceptors (Lipinski definition) is 5.